The van der Waals surface area contributed by atoms with E-state index in [-0.39, 0.29) is 17.7 Å². The molecule has 0 spiro atoms. The first-order valence-corrected chi connectivity index (χ1v) is 9.60. The number of hydrogen-bond donors (Lipinski definition) is 0. The van der Waals surface area contributed by atoms with E-state index in [2.05, 4.69) is 0 Å². The van der Waals surface area contributed by atoms with E-state index >= 15 is 0 Å². The molecule has 1 atom stereocenters. The summed E-state index contributed by atoms with van der Waals surface area (Å²) in [6.07, 6.45) is 0.551. The summed E-state index contributed by atoms with van der Waals surface area (Å²) in [5.74, 6) is 0.0264. The zero-order valence-corrected chi connectivity index (χ0v) is 16.7. The molecule has 3 rings (SSSR count). The Hall–Kier alpha value is -2.37. The minimum atomic E-state index is -0.456. The molecule has 1 aromatic rings. The van der Waals surface area contributed by atoms with Gasteiger partial charge in [-0.2, -0.15) is 0 Å². The number of benzene rings is 1. The topological polar surface area (TPSA) is 60.9 Å². The molecule has 146 valence electrons. The number of hydrogen-bond acceptors (Lipinski definition) is 3. The van der Waals surface area contributed by atoms with Crippen molar-refractivity contribution >= 4 is 17.7 Å². The normalized spacial score (nSPS) is 20.3. The van der Waals surface area contributed by atoms with Crippen LogP contribution in [0, 0.1) is 5.41 Å². The molecule has 0 N–H and O–H groups in total. The fourth-order valence-corrected chi connectivity index (χ4v) is 3.89. The van der Waals surface area contributed by atoms with Gasteiger partial charge in [-0.1, -0.05) is 45.0 Å². The highest BCUT2D eigenvalue weighted by molar-refractivity contribution is 5.88. The van der Waals surface area contributed by atoms with E-state index in [9.17, 15) is 14.4 Å². The molecular formula is C21H29N3O3. The first kappa shape index (κ1) is 19.4. The van der Waals surface area contributed by atoms with Crippen LogP contribution >= 0.6 is 0 Å². The number of rotatable bonds is 1. The molecule has 6 heteroatoms. The van der Waals surface area contributed by atoms with Gasteiger partial charge < -0.3 is 14.7 Å². The lowest BCUT2D eigenvalue weighted by atomic mass is 9.92. The third kappa shape index (κ3) is 3.99. The second kappa shape index (κ2) is 7.33. The van der Waals surface area contributed by atoms with Gasteiger partial charge in [-0.15, -0.1) is 0 Å². The van der Waals surface area contributed by atoms with Crippen molar-refractivity contribution in [2.75, 3.05) is 26.2 Å². The van der Waals surface area contributed by atoms with Crippen LogP contribution in [0.15, 0.2) is 24.3 Å². The molecule has 2 heterocycles. The molecule has 27 heavy (non-hydrogen) atoms. The Morgan fingerprint density at radius 2 is 1.48 bits per heavy atom. The number of piperazine rings is 1. The number of amides is 3. The minimum Gasteiger partial charge on any atom is -0.339 e. The molecule has 0 radical (unpaired) electrons. The monoisotopic (exact) mass is 371 g/mol. The lowest BCUT2D eigenvalue weighted by Gasteiger charge is -2.42. The Labute approximate surface area is 161 Å². The standard InChI is InChI=1S/C21H29N3O3/c1-15(25)24-14-17-8-6-5-7-16(17)13-18(24)19(26)22-9-11-23(12-10-22)20(27)21(2,3)4/h5-8,18H,9-14H2,1-4H3. The van der Waals surface area contributed by atoms with E-state index in [0.29, 0.717) is 39.1 Å². The lowest BCUT2D eigenvalue weighted by molar-refractivity contribution is -0.150. The SMILES string of the molecule is CC(=O)N1Cc2ccccc2CC1C(=O)N1CCN(C(=O)C(C)(C)C)CC1. The Kier molecular flexibility index (Phi) is 5.27. The van der Waals surface area contributed by atoms with Gasteiger partial charge in [0, 0.05) is 51.5 Å². The largest absolute Gasteiger partial charge is 0.339 e. The van der Waals surface area contributed by atoms with Gasteiger partial charge in [0.15, 0.2) is 0 Å². The molecular weight excluding hydrogens is 342 g/mol. The number of carbonyl (C=O) groups excluding carboxylic acids is 3. The smallest absolute Gasteiger partial charge is 0.245 e. The average molecular weight is 371 g/mol. The van der Waals surface area contributed by atoms with Crippen LogP contribution in [-0.2, 0) is 27.3 Å². The summed E-state index contributed by atoms with van der Waals surface area (Å²) in [7, 11) is 0. The zero-order chi connectivity index (χ0) is 19.8. The van der Waals surface area contributed by atoms with Crippen LogP contribution in [0.5, 0.6) is 0 Å². The van der Waals surface area contributed by atoms with Gasteiger partial charge in [-0.25, -0.2) is 0 Å². The van der Waals surface area contributed by atoms with Crippen molar-refractivity contribution in [2.24, 2.45) is 5.41 Å². The molecule has 3 amide bonds. The lowest BCUT2D eigenvalue weighted by Crippen LogP contribution is -2.58. The predicted molar refractivity (Wildman–Crippen MR) is 103 cm³/mol. The maximum atomic E-state index is 13.2. The Morgan fingerprint density at radius 3 is 2.04 bits per heavy atom. The fourth-order valence-electron chi connectivity index (χ4n) is 3.89. The van der Waals surface area contributed by atoms with E-state index in [4.69, 9.17) is 0 Å². The molecule has 0 bridgehead atoms. The summed E-state index contributed by atoms with van der Waals surface area (Å²) in [4.78, 5) is 43.1. The highest BCUT2D eigenvalue weighted by atomic mass is 16.2. The summed E-state index contributed by atoms with van der Waals surface area (Å²) in [6.45, 7) is 9.87. The second-order valence-electron chi connectivity index (χ2n) is 8.50. The van der Waals surface area contributed by atoms with E-state index < -0.39 is 11.5 Å². The van der Waals surface area contributed by atoms with Crippen LogP contribution in [0.4, 0.5) is 0 Å². The summed E-state index contributed by atoms with van der Waals surface area (Å²) in [5, 5.41) is 0. The Bertz CT molecular complexity index is 745. The first-order chi connectivity index (χ1) is 12.7. The highest BCUT2D eigenvalue weighted by Gasteiger charge is 2.37. The summed E-state index contributed by atoms with van der Waals surface area (Å²) in [6, 6.07) is 7.53. The van der Waals surface area contributed by atoms with E-state index in [1.807, 2.05) is 49.9 Å². The van der Waals surface area contributed by atoms with Crippen LogP contribution in [-0.4, -0.2) is 64.6 Å². The molecule has 1 aromatic carbocycles. The molecule has 1 unspecified atom stereocenters. The molecule has 0 saturated carbocycles. The molecule has 1 saturated heterocycles. The van der Waals surface area contributed by atoms with Gasteiger partial charge >= 0.3 is 0 Å². The van der Waals surface area contributed by atoms with Crippen molar-refractivity contribution in [1.29, 1.82) is 0 Å². The molecule has 2 aliphatic rings. The number of carbonyl (C=O) groups is 3. The second-order valence-corrected chi connectivity index (χ2v) is 8.50. The number of fused-ring (bicyclic) bond motifs is 1. The Balaban J connectivity index is 1.70. The van der Waals surface area contributed by atoms with Gasteiger partial charge in [0.05, 0.1) is 0 Å². The highest BCUT2D eigenvalue weighted by Crippen LogP contribution is 2.25. The average Bonchev–Trinajstić information content (AvgIpc) is 2.65. The molecule has 2 aliphatic heterocycles. The first-order valence-electron chi connectivity index (χ1n) is 9.60. The van der Waals surface area contributed by atoms with Gasteiger partial charge in [0.25, 0.3) is 0 Å². The van der Waals surface area contributed by atoms with E-state index in [1.165, 1.54) is 6.92 Å². The maximum absolute atomic E-state index is 13.2. The van der Waals surface area contributed by atoms with Crippen molar-refractivity contribution in [2.45, 2.75) is 46.7 Å². The van der Waals surface area contributed by atoms with Gasteiger partial charge in [0.2, 0.25) is 17.7 Å². The maximum Gasteiger partial charge on any atom is 0.245 e. The van der Waals surface area contributed by atoms with Crippen LogP contribution in [0.1, 0.15) is 38.8 Å². The van der Waals surface area contributed by atoms with Crippen LogP contribution in [0.3, 0.4) is 0 Å². The summed E-state index contributed by atoms with van der Waals surface area (Å²) < 4.78 is 0. The van der Waals surface area contributed by atoms with Gasteiger partial charge in [0.1, 0.15) is 6.04 Å². The third-order valence-electron chi connectivity index (χ3n) is 5.46. The van der Waals surface area contributed by atoms with Crippen molar-refractivity contribution in [3.05, 3.63) is 35.4 Å². The third-order valence-corrected chi connectivity index (χ3v) is 5.46. The summed E-state index contributed by atoms with van der Waals surface area (Å²) >= 11 is 0. The quantitative estimate of drug-likeness (QED) is 0.755. The van der Waals surface area contributed by atoms with Crippen LogP contribution < -0.4 is 0 Å². The van der Waals surface area contributed by atoms with Crippen molar-refractivity contribution in [1.82, 2.24) is 14.7 Å². The Morgan fingerprint density at radius 1 is 0.926 bits per heavy atom. The van der Waals surface area contributed by atoms with Crippen LogP contribution in [0.2, 0.25) is 0 Å². The van der Waals surface area contributed by atoms with Crippen molar-refractivity contribution in [3.63, 3.8) is 0 Å². The van der Waals surface area contributed by atoms with Crippen molar-refractivity contribution < 1.29 is 14.4 Å². The van der Waals surface area contributed by atoms with Gasteiger partial charge in [-0.05, 0) is 11.1 Å². The zero-order valence-electron chi connectivity index (χ0n) is 16.7. The molecule has 0 aromatic heterocycles. The molecule has 0 aliphatic carbocycles. The predicted octanol–water partition coefficient (Wildman–Crippen LogP) is 1.68. The van der Waals surface area contributed by atoms with E-state index in [1.54, 1.807) is 9.80 Å². The molecule has 1 fully saturated rings. The van der Waals surface area contributed by atoms with Crippen LogP contribution in [0.25, 0.3) is 0 Å². The van der Waals surface area contributed by atoms with E-state index in [0.717, 1.165) is 11.1 Å². The van der Waals surface area contributed by atoms with Gasteiger partial charge in [-0.3, -0.25) is 14.4 Å². The summed E-state index contributed by atoms with van der Waals surface area (Å²) in [5.41, 5.74) is 1.83. The number of nitrogens with zero attached hydrogens (tertiary/aromatic N) is 3. The minimum absolute atomic E-state index is 0.0115. The van der Waals surface area contributed by atoms with Crippen molar-refractivity contribution in [3.8, 4) is 0 Å². The molecule has 6 nitrogen and oxygen atoms in total. The fraction of sp³-hybridized carbons (Fsp3) is 0.571.